The molecule has 0 aliphatic carbocycles. The zero-order chi connectivity index (χ0) is 11.8. The average Bonchev–Trinajstić information content (AvgIpc) is 2.17. The van der Waals surface area contributed by atoms with Crippen LogP contribution in [0.5, 0.6) is 0 Å². The predicted octanol–water partition coefficient (Wildman–Crippen LogP) is 2.01. The number of isocyanates is 2. The highest BCUT2D eigenvalue weighted by atomic mass is 16.5. The third-order valence-corrected chi connectivity index (χ3v) is 1.40. The summed E-state index contributed by atoms with van der Waals surface area (Å²) in [5, 5.41) is 10.8. The molecule has 0 bridgehead atoms. The molecule has 0 rings (SSSR count). The van der Waals surface area contributed by atoms with Crippen LogP contribution in [0.3, 0.4) is 0 Å². The van der Waals surface area contributed by atoms with Gasteiger partial charge in [-0.1, -0.05) is 20.3 Å². The molecule has 14 heavy (non-hydrogen) atoms. The second kappa shape index (κ2) is 22.6. The highest BCUT2D eigenvalue weighted by molar-refractivity contribution is 5.26. The van der Waals surface area contributed by atoms with E-state index >= 15 is 0 Å². The van der Waals surface area contributed by atoms with Gasteiger partial charge in [-0.2, -0.15) is 0 Å². The topological polar surface area (TPSA) is 91.1 Å². The van der Waals surface area contributed by atoms with Gasteiger partial charge in [0, 0.05) is 7.11 Å². The molecule has 1 atom stereocenters. The fourth-order valence-corrected chi connectivity index (χ4v) is 0.811. The molecular weight excluding hydrogens is 184 g/mol. The zero-order valence-electron chi connectivity index (χ0n) is 8.92. The van der Waals surface area contributed by atoms with Crippen LogP contribution in [0, 0.1) is 10.8 Å². The fraction of sp³-hybridized carbons (Fsp3) is 0.778. The maximum Gasteiger partial charge on any atom is 0.231 e. The van der Waals surface area contributed by atoms with Crippen molar-refractivity contribution in [2.24, 2.45) is 0 Å². The maximum absolute atomic E-state index is 8.35. The summed E-state index contributed by atoms with van der Waals surface area (Å²) < 4.78 is 5.14. The molecule has 0 aliphatic rings. The van der Waals surface area contributed by atoms with Crippen molar-refractivity contribution >= 4 is 12.2 Å². The molecule has 0 aromatic rings. The second-order valence-electron chi connectivity index (χ2n) is 2.26. The lowest BCUT2D eigenvalue weighted by atomic mass is 10.2. The summed E-state index contributed by atoms with van der Waals surface area (Å²) in [6, 6.07) is 0. The lowest BCUT2D eigenvalue weighted by Crippen LogP contribution is -2.07. The van der Waals surface area contributed by atoms with Gasteiger partial charge in [-0.3, -0.25) is 0 Å². The normalized spacial score (nSPS) is 9.07. The highest BCUT2D eigenvalue weighted by Crippen LogP contribution is 2.03. The molecule has 82 valence electrons. The molecule has 0 radical (unpaired) electrons. The van der Waals surface area contributed by atoms with Crippen molar-refractivity contribution < 1.29 is 14.3 Å². The molecule has 0 amide bonds. The Morgan fingerprint density at radius 3 is 1.64 bits per heavy atom. The molecule has 0 heterocycles. The van der Waals surface area contributed by atoms with E-state index in [4.69, 9.17) is 25.1 Å². The Kier molecular flexibility index (Phi) is 29.9. The average molecular weight is 202 g/mol. The molecule has 0 aliphatic heterocycles. The Balaban J connectivity index is -0.000000168. The summed E-state index contributed by atoms with van der Waals surface area (Å²) in [4.78, 5) is 16.7. The highest BCUT2D eigenvalue weighted by Gasteiger charge is 1.99. The van der Waals surface area contributed by atoms with E-state index in [0.717, 1.165) is 18.6 Å². The van der Waals surface area contributed by atoms with Crippen LogP contribution < -0.4 is 0 Å². The Labute approximate surface area is 84.5 Å². The van der Waals surface area contributed by atoms with Crippen LogP contribution in [0.2, 0.25) is 0 Å². The van der Waals surface area contributed by atoms with Crippen molar-refractivity contribution in [3.05, 3.63) is 0 Å². The SMILES string of the molecule is CCCC(CC)OC.N=C=O.N=C=O. The minimum absolute atomic E-state index is 0.500. The van der Waals surface area contributed by atoms with Gasteiger partial charge < -0.3 is 4.74 Å². The number of carbonyl (C=O) groups excluding carboxylic acids is 2. The Morgan fingerprint density at radius 1 is 1.21 bits per heavy atom. The first-order chi connectivity index (χ1) is 6.67. The Hall–Kier alpha value is -1.28. The van der Waals surface area contributed by atoms with Gasteiger partial charge in [0.15, 0.2) is 0 Å². The quantitative estimate of drug-likeness (QED) is 0.539. The molecule has 0 fully saturated rings. The maximum atomic E-state index is 8.35. The van der Waals surface area contributed by atoms with Gasteiger partial charge in [0.1, 0.15) is 0 Å². The minimum Gasteiger partial charge on any atom is -0.381 e. The Bertz CT molecular complexity index is 143. The molecule has 2 N–H and O–H groups in total. The molecule has 0 aromatic carbocycles. The first kappa shape index (κ1) is 18.5. The lowest BCUT2D eigenvalue weighted by molar-refractivity contribution is 0.0915. The van der Waals surface area contributed by atoms with E-state index in [1.165, 1.54) is 12.8 Å². The zero-order valence-corrected chi connectivity index (χ0v) is 8.92. The van der Waals surface area contributed by atoms with Gasteiger partial charge in [0.2, 0.25) is 12.2 Å². The van der Waals surface area contributed by atoms with E-state index in [0.29, 0.717) is 6.10 Å². The molecule has 5 nitrogen and oxygen atoms in total. The van der Waals surface area contributed by atoms with E-state index in [1.54, 1.807) is 7.11 Å². The largest absolute Gasteiger partial charge is 0.381 e. The minimum atomic E-state index is 0.500. The van der Waals surface area contributed by atoms with Crippen molar-refractivity contribution in [2.45, 2.75) is 39.2 Å². The van der Waals surface area contributed by atoms with Gasteiger partial charge in [0.25, 0.3) is 0 Å². The van der Waals surface area contributed by atoms with Crippen LogP contribution in [-0.4, -0.2) is 25.4 Å². The Morgan fingerprint density at radius 2 is 1.57 bits per heavy atom. The third kappa shape index (κ3) is 31.0. The molecule has 0 saturated carbocycles. The molecule has 1 unspecified atom stereocenters. The van der Waals surface area contributed by atoms with Crippen molar-refractivity contribution in [3.8, 4) is 0 Å². The number of rotatable bonds is 4. The molecular formula is C9H18N2O3. The van der Waals surface area contributed by atoms with E-state index in [2.05, 4.69) is 13.8 Å². The van der Waals surface area contributed by atoms with Gasteiger partial charge in [0.05, 0.1) is 6.10 Å². The first-order valence-electron chi connectivity index (χ1n) is 4.28. The van der Waals surface area contributed by atoms with E-state index in [1.807, 2.05) is 0 Å². The third-order valence-electron chi connectivity index (χ3n) is 1.40. The molecule has 5 heteroatoms. The molecule has 0 aromatic heterocycles. The molecule has 0 saturated heterocycles. The summed E-state index contributed by atoms with van der Waals surface area (Å²) in [6.45, 7) is 4.34. The van der Waals surface area contributed by atoms with Crippen molar-refractivity contribution in [1.29, 1.82) is 10.8 Å². The van der Waals surface area contributed by atoms with Crippen LogP contribution in [0.1, 0.15) is 33.1 Å². The number of ether oxygens (including phenoxy) is 1. The van der Waals surface area contributed by atoms with Crippen molar-refractivity contribution in [2.75, 3.05) is 7.11 Å². The number of hydrogen-bond acceptors (Lipinski definition) is 5. The van der Waals surface area contributed by atoms with Gasteiger partial charge in [-0.15, -0.1) is 0 Å². The monoisotopic (exact) mass is 202 g/mol. The number of nitrogens with one attached hydrogen (secondary N) is 2. The van der Waals surface area contributed by atoms with Crippen molar-refractivity contribution in [3.63, 3.8) is 0 Å². The fourth-order valence-electron chi connectivity index (χ4n) is 0.811. The molecule has 0 spiro atoms. The first-order valence-corrected chi connectivity index (χ1v) is 4.28. The summed E-state index contributed by atoms with van der Waals surface area (Å²) >= 11 is 0. The van der Waals surface area contributed by atoms with E-state index < -0.39 is 0 Å². The number of hydrogen-bond donors (Lipinski definition) is 2. The van der Waals surface area contributed by atoms with Gasteiger partial charge in [-0.05, 0) is 12.8 Å². The second-order valence-corrected chi connectivity index (χ2v) is 2.26. The van der Waals surface area contributed by atoms with Crippen LogP contribution >= 0.6 is 0 Å². The lowest BCUT2D eigenvalue weighted by Gasteiger charge is -2.09. The summed E-state index contributed by atoms with van der Waals surface area (Å²) in [6.07, 6.45) is 5.57. The summed E-state index contributed by atoms with van der Waals surface area (Å²) in [7, 11) is 1.78. The van der Waals surface area contributed by atoms with E-state index in [9.17, 15) is 0 Å². The van der Waals surface area contributed by atoms with Crippen LogP contribution in [0.15, 0.2) is 0 Å². The van der Waals surface area contributed by atoms with Crippen LogP contribution in [0.4, 0.5) is 0 Å². The smallest absolute Gasteiger partial charge is 0.231 e. The standard InChI is InChI=1S/C7H16O.2CHNO/c1-4-6-7(5-2)8-3;2*2-1-3/h7H,4-6H2,1-3H3;2*2H. The number of methoxy groups -OCH3 is 1. The van der Waals surface area contributed by atoms with Crippen LogP contribution in [0.25, 0.3) is 0 Å². The van der Waals surface area contributed by atoms with Crippen molar-refractivity contribution in [1.82, 2.24) is 0 Å². The van der Waals surface area contributed by atoms with Gasteiger partial charge >= 0.3 is 0 Å². The summed E-state index contributed by atoms with van der Waals surface area (Å²) in [5.74, 6) is 0. The van der Waals surface area contributed by atoms with E-state index in [-0.39, 0.29) is 0 Å². The van der Waals surface area contributed by atoms with Gasteiger partial charge in [-0.25, -0.2) is 20.4 Å². The van der Waals surface area contributed by atoms with Crippen LogP contribution in [-0.2, 0) is 14.3 Å². The summed E-state index contributed by atoms with van der Waals surface area (Å²) in [5.41, 5.74) is 0. The predicted molar refractivity (Wildman–Crippen MR) is 52.8 cm³/mol.